The van der Waals surface area contributed by atoms with Crippen LogP contribution < -0.4 is 10.1 Å². The fraction of sp³-hybridized carbons (Fsp3) is 0.579. The minimum Gasteiger partial charge on any atom is -0.496 e. The Hall–Kier alpha value is -1.92. The summed E-state index contributed by atoms with van der Waals surface area (Å²) >= 11 is 0. The molecule has 2 heterocycles. The molecule has 1 aliphatic heterocycles. The van der Waals surface area contributed by atoms with E-state index >= 15 is 0 Å². The maximum atomic E-state index is 5.54. The normalized spacial score (nSPS) is 16.7. The van der Waals surface area contributed by atoms with E-state index in [2.05, 4.69) is 32.2 Å². The van der Waals surface area contributed by atoms with Gasteiger partial charge in [-0.1, -0.05) is 6.07 Å². The van der Waals surface area contributed by atoms with Gasteiger partial charge in [0.1, 0.15) is 17.4 Å². The molecule has 0 bridgehead atoms. The largest absolute Gasteiger partial charge is 0.496 e. The molecule has 1 atom stereocenters. The molecule has 0 aliphatic carbocycles. The van der Waals surface area contributed by atoms with Gasteiger partial charge in [-0.25, -0.2) is 0 Å². The van der Waals surface area contributed by atoms with Gasteiger partial charge < -0.3 is 19.4 Å². The molecule has 6 heteroatoms. The molecule has 0 saturated heterocycles. The third-order valence-corrected chi connectivity index (χ3v) is 4.80. The van der Waals surface area contributed by atoms with Crippen LogP contribution in [0.1, 0.15) is 36.1 Å². The topological polar surface area (TPSA) is 61.2 Å². The Labute approximate surface area is 149 Å². The zero-order chi connectivity index (χ0) is 17.6. The van der Waals surface area contributed by atoms with Gasteiger partial charge in [0.2, 0.25) is 0 Å². The van der Waals surface area contributed by atoms with Crippen molar-refractivity contribution in [3.63, 3.8) is 0 Å². The predicted octanol–water partition coefficient (Wildman–Crippen LogP) is 2.48. The van der Waals surface area contributed by atoms with Gasteiger partial charge in [0.25, 0.3) is 0 Å². The number of aryl methyl sites for hydroxylation is 2. The Balaban J connectivity index is 1.53. The number of benzene rings is 1. The summed E-state index contributed by atoms with van der Waals surface area (Å²) in [7, 11) is 1.70. The zero-order valence-corrected chi connectivity index (χ0v) is 15.4. The molecule has 1 aromatic heterocycles. The number of hydrogen-bond donors (Lipinski definition) is 1. The van der Waals surface area contributed by atoms with Crippen LogP contribution >= 0.6 is 0 Å². The summed E-state index contributed by atoms with van der Waals surface area (Å²) < 4.78 is 13.2. The van der Waals surface area contributed by atoms with E-state index in [1.54, 1.807) is 7.11 Å². The molecule has 0 unspecified atom stereocenters. The Kier molecular flexibility index (Phi) is 6.04. The standard InChI is InChI=1S/C19H28N4O2/c1-4-25-13-17-9-15(5-7-18(17)24-3)10-20-11-16-6-8-19-22-21-14(2)23(19)12-16/h5,7,9,16,20H,4,6,8,10-13H2,1-3H3/t16-/m0/s1. The summed E-state index contributed by atoms with van der Waals surface area (Å²) in [6, 6.07) is 6.31. The van der Waals surface area contributed by atoms with Crippen LogP contribution in [0.5, 0.6) is 5.75 Å². The van der Waals surface area contributed by atoms with Crippen molar-refractivity contribution in [1.29, 1.82) is 0 Å². The molecule has 1 aromatic carbocycles. The van der Waals surface area contributed by atoms with Crippen molar-refractivity contribution < 1.29 is 9.47 Å². The number of rotatable bonds is 8. The SMILES string of the molecule is CCOCc1cc(CNC[C@@H]2CCc3nnc(C)n3C2)ccc1OC. The predicted molar refractivity (Wildman–Crippen MR) is 96.6 cm³/mol. The summed E-state index contributed by atoms with van der Waals surface area (Å²) in [5.41, 5.74) is 2.36. The van der Waals surface area contributed by atoms with E-state index in [4.69, 9.17) is 9.47 Å². The van der Waals surface area contributed by atoms with Crippen molar-refractivity contribution in [2.24, 2.45) is 5.92 Å². The zero-order valence-electron chi connectivity index (χ0n) is 15.4. The monoisotopic (exact) mass is 344 g/mol. The molecule has 136 valence electrons. The molecule has 1 N–H and O–H groups in total. The number of hydrogen-bond acceptors (Lipinski definition) is 5. The number of ether oxygens (including phenoxy) is 2. The molecule has 0 saturated carbocycles. The van der Waals surface area contributed by atoms with Crippen LogP contribution in [-0.2, 0) is 30.9 Å². The lowest BCUT2D eigenvalue weighted by Crippen LogP contribution is -2.30. The average Bonchev–Trinajstić information content (AvgIpc) is 3.01. The molecule has 0 radical (unpaired) electrons. The molecular formula is C19H28N4O2. The first-order valence-electron chi connectivity index (χ1n) is 9.04. The molecule has 0 amide bonds. The summed E-state index contributed by atoms with van der Waals surface area (Å²) in [6.45, 7) is 8.20. The van der Waals surface area contributed by atoms with E-state index in [0.717, 1.165) is 49.0 Å². The van der Waals surface area contributed by atoms with Crippen LogP contribution in [0.15, 0.2) is 18.2 Å². The van der Waals surface area contributed by atoms with E-state index in [-0.39, 0.29) is 0 Å². The highest BCUT2D eigenvalue weighted by Gasteiger charge is 2.21. The number of nitrogens with zero attached hydrogens (tertiary/aromatic N) is 3. The first-order chi connectivity index (χ1) is 12.2. The molecule has 3 rings (SSSR count). The van der Waals surface area contributed by atoms with Crippen molar-refractivity contribution in [2.75, 3.05) is 20.3 Å². The lowest BCUT2D eigenvalue weighted by Gasteiger charge is -2.24. The fourth-order valence-corrected chi connectivity index (χ4v) is 3.38. The highest BCUT2D eigenvalue weighted by molar-refractivity contribution is 5.36. The lowest BCUT2D eigenvalue weighted by molar-refractivity contribution is 0.132. The van der Waals surface area contributed by atoms with Crippen molar-refractivity contribution in [1.82, 2.24) is 20.1 Å². The third-order valence-electron chi connectivity index (χ3n) is 4.80. The third kappa shape index (κ3) is 4.38. The lowest BCUT2D eigenvalue weighted by atomic mass is 9.99. The van der Waals surface area contributed by atoms with Gasteiger partial charge in [-0.2, -0.15) is 0 Å². The highest BCUT2D eigenvalue weighted by atomic mass is 16.5. The Morgan fingerprint density at radius 3 is 3.00 bits per heavy atom. The van der Waals surface area contributed by atoms with Gasteiger partial charge in [-0.15, -0.1) is 10.2 Å². The van der Waals surface area contributed by atoms with Crippen molar-refractivity contribution >= 4 is 0 Å². The quantitative estimate of drug-likeness (QED) is 0.797. The molecule has 25 heavy (non-hydrogen) atoms. The molecular weight excluding hydrogens is 316 g/mol. The van der Waals surface area contributed by atoms with Crippen molar-refractivity contribution in [3.05, 3.63) is 41.0 Å². The number of aromatic nitrogens is 3. The maximum absolute atomic E-state index is 5.54. The van der Waals surface area contributed by atoms with Crippen molar-refractivity contribution in [2.45, 2.75) is 46.4 Å². The summed E-state index contributed by atoms with van der Waals surface area (Å²) in [5.74, 6) is 3.67. The summed E-state index contributed by atoms with van der Waals surface area (Å²) in [5, 5.41) is 12.0. The van der Waals surface area contributed by atoms with Gasteiger partial charge in [0.15, 0.2) is 0 Å². The number of fused-ring (bicyclic) bond motifs is 1. The minimum absolute atomic E-state index is 0.589. The van der Waals surface area contributed by atoms with Crippen LogP contribution in [-0.4, -0.2) is 35.0 Å². The molecule has 6 nitrogen and oxygen atoms in total. The fourth-order valence-electron chi connectivity index (χ4n) is 3.38. The second-order valence-corrected chi connectivity index (χ2v) is 6.59. The van der Waals surface area contributed by atoms with Crippen LogP contribution in [0.3, 0.4) is 0 Å². The number of nitrogens with one attached hydrogen (secondary N) is 1. The second kappa shape index (κ2) is 8.45. The smallest absolute Gasteiger partial charge is 0.133 e. The highest BCUT2D eigenvalue weighted by Crippen LogP contribution is 2.22. The Morgan fingerprint density at radius 1 is 1.32 bits per heavy atom. The molecule has 0 spiro atoms. The average molecular weight is 344 g/mol. The van der Waals surface area contributed by atoms with Gasteiger partial charge >= 0.3 is 0 Å². The first kappa shape index (κ1) is 17.9. The summed E-state index contributed by atoms with van der Waals surface area (Å²) in [4.78, 5) is 0. The van der Waals surface area contributed by atoms with E-state index in [9.17, 15) is 0 Å². The van der Waals surface area contributed by atoms with E-state index in [1.807, 2.05) is 19.9 Å². The Bertz CT molecular complexity index is 699. The van der Waals surface area contributed by atoms with Crippen LogP contribution in [0.2, 0.25) is 0 Å². The maximum Gasteiger partial charge on any atom is 0.133 e. The van der Waals surface area contributed by atoms with Gasteiger partial charge in [-0.05, 0) is 50.4 Å². The first-order valence-corrected chi connectivity index (χ1v) is 9.04. The minimum atomic E-state index is 0.589. The van der Waals surface area contributed by atoms with E-state index in [1.165, 1.54) is 12.0 Å². The van der Waals surface area contributed by atoms with Crippen LogP contribution in [0.4, 0.5) is 0 Å². The van der Waals surface area contributed by atoms with E-state index < -0.39 is 0 Å². The van der Waals surface area contributed by atoms with E-state index in [0.29, 0.717) is 19.1 Å². The van der Waals surface area contributed by atoms with Crippen LogP contribution in [0, 0.1) is 12.8 Å². The van der Waals surface area contributed by atoms with Gasteiger partial charge in [-0.3, -0.25) is 0 Å². The molecule has 2 aromatic rings. The van der Waals surface area contributed by atoms with Gasteiger partial charge in [0, 0.05) is 31.7 Å². The molecule has 1 aliphatic rings. The van der Waals surface area contributed by atoms with Gasteiger partial charge in [0.05, 0.1) is 13.7 Å². The summed E-state index contributed by atoms with van der Waals surface area (Å²) in [6.07, 6.45) is 2.19. The molecule has 0 fully saturated rings. The Morgan fingerprint density at radius 2 is 2.20 bits per heavy atom. The number of methoxy groups -OCH3 is 1. The second-order valence-electron chi connectivity index (χ2n) is 6.59. The van der Waals surface area contributed by atoms with Crippen molar-refractivity contribution in [3.8, 4) is 5.75 Å². The van der Waals surface area contributed by atoms with Crippen LogP contribution in [0.25, 0.3) is 0 Å².